The number of carbonyl (C=O) groups excluding carboxylic acids is 1. The summed E-state index contributed by atoms with van der Waals surface area (Å²) in [4.78, 5) is 12.6. The maximum absolute atomic E-state index is 13.0. The number of nitrogens with one attached hydrogen (secondary N) is 2. The summed E-state index contributed by atoms with van der Waals surface area (Å²) in [5, 5.41) is 2.74. The number of hydrogen-bond donors (Lipinski definition) is 2. The molecule has 0 spiro atoms. The van der Waals surface area contributed by atoms with Crippen LogP contribution in [0, 0.1) is 20.8 Å². The third-order valence-corrected chi connectivity index (χ3v) is 6.11. The van der Waals surface area contributed by atoms with Crippen LogP contribution in [0.1, 0.15) is 27.0 Å². The zero-order valence-corrected chi connectivity index (χ0v) is 18.1. The molecule has 0 saturated carbocycles. The van der Waals surface area contributed by atoms with Gasteiger partial charge in [-0.3, -0.25) is 9.52 Å². The van der Waals surface area contributed by atoms with E-state index in [0.717, 1.165) is 16.7 Å². The molecule has 0 atom stereocenters. The summed E-state index contributed by atoms with van der Waals surface area (Å²) in [7, 11) is -2.41. The van der Waals surface area contributed by atoms with Crippen LogP contribution in [-0.2, 0) is 10.0 Å². The Bertz CT molecular complexity index is 1170. The first-order valence-corrected chi connectivity index (χ1v) is 10.8. The van der Waals surface area contributed by atoms with Gasteiger partial charge in [0.2, 0.25) is 0 Å². The van der Waals surface area contributed by atoms with E-state index in [0.29, 0.717) is 17.0 Å². The fourth-order valence-electron chi connectivity index (χ4n) is 3.02. The summed E-state index contributed by atoms with van der Waals surface area (Å²) in [5.74, 6) is 0.00652. The van der Waals surface area contributed by atoms with Crippen LogP contribution in [0.4, 0.5) is 11.4 Å². The molecule has 6 nitrogen and oxygen atoms in total. The van der Waals surface area contributed by atoms with E-state index < -0.39 is 10.0 Å². The Morgan fingerprint density at radius 2 is 1.53 bits per heavy atom. The topological polar surface area (TPSA) is 84.5 Å². The summed E-state index contributed by atoms with van der Waals surface area (Å²) in [6.07, 6.45) is 0. The molecule has 30 heavy (non-hydrogen) atoms. The highest BCUT2D eigenvalue weighted by Crippen LogP contribution is 2.30. The lowest BCUT2D eigenvalue weighted by atomic mass is 10.1. The van der Waals surface area contributed by atoms with Gasteiger partial charge < -0.3 is 10.1 Å². The van der Waals surface area contributed by atoms with Gasteiger partial charge in [0.25, 0.3) is 15.9 Å². The molecule has 0 aromatic heterocycles. The van der Waals surface area contributed by atoms with Crippen molar-refractivity contribution in [1.82, 2.24) is 0 Å². The highest BCUT2D eigenvalue weighted by Gasteiger charge is 2.19. The van der Waals surface area contributed by atoms with Crippen LogP contribution >= 0.6 is 0 Å². The van der Waals surface area contributed by atoms with Crippen molar-refractivity contribution in [2.75, 3.05) is 17.1 Å². The summed E-state index contributed by atoms with van der Waals surface area (Å²) in [6, 6.07) is 17.0. The Morgan fingerprint density at radius 1 is 0.900 bits per heavy atom. The maximum atomic E-state index is 13.0. The van der Waals surface area contributed by atoms with Crippen LogP contribution in [0.3, 0.4) is 0 Å². The fraction of sp³-hybridized carbons (Fsp3) is 0.174. The lowest BCUT2D eigenvalue weighted by molar-refractivity contribution is 0.102. The van der Waals surface area contributed by atoms with Gasteiger partial charge >= 0.3 is 0 Å². The molecule has 0 heterocycles. The molecule has 1 amide bonds. The number of hydrogen-bond acceptors (Lipinski definition) is 4. The number of aryl methyl sites for hydroxylation is 3. The van der Waals surface area contributed by atoms with Gasteiger partial charge in [-0.15, -0.1) is 0 Å². The van der Waals surface area contributed by atoms with E-state index in [1.54, 1.807) is 12.1 Å². The van der Waals surface area contributed by atoms with Crippen LogP contribution in [0.2, 0.25) is 0 Å². The second-order valence-corrected chi connectivity index (χ2v) is 8.74. The number of para-hydroxylation sites is 1. The first-order valence-electron chi connectivity index (χ1n) is 9.36. The van der Waals surface area contributed by atoms with E-state index in [4.69, 9.17) is 4.74 Å². The van der Waals surface area contributed by atoms with Gasteiger partial charge in [0, 0.05) is 5.56 Å². The van der Waals surface area contributed by atoms with Crippen molar-refractivity contribution in [3.05, 3.63) is 82.9 Å². The number of methoxy groups -OCH3 is 1. The predicted molar refractivity (Wildman–Crippen MR) is 119 cm³/mol. The second kappa shape index (κ2) is 8.59. The Kier molecular flexibility index (Phi) is 6.12. The number of carbonyl (C=O) groups is 1. The monoisotopic (exact) mass is 424 g/mol. The second-order valence-electron chi connectivity index (χ2n) is 7.05. The van der Waals surface area contributed by atoms with Crippen molar-refractivity contribution in [2.45, 2.75) is 25.7 Å². The van der Waals surface area contributed by atoms with Gasteiger partial charge in [0.15, 0.2) is 0 Å². The summed E-state index contributed by atoms with van der Waals surface area (Å²) < 4.78 is 33.9. The molecule has 0 aliphatic carbocycles. The van der Waals surface area contributed by atoms with Crippen molar-refractivity contribution in [3.63, 3.8) is 0 Å². The number of ether oxygens (including phenoxy) is 1. The fourth-order valence-corrected chi connectivity index (χ4v) is 4.25. The molecular formula is C23H24N2O4S. The van der Waals surface area contributed by atoms with Crippen molar-refractivity contribution in [3.8, 4) is 5.75 Å². The smallest absolute Gasteiger partial charge is 0.261 e. The Balaban J connectivity index is 1.93. The van der Waals surface area contributed by atoms with E-state index in [2.05, 4.69) is 10.0 Å². The third kappa shape index (κ3) is 4.63. The average Bonchev–Trinajstić information content (AvgIpc) is 2.71. The average molecular weight is 425 g/mol. The van der Waals surface area contributed by atoms with Gasteiger partial charge in [0.05, 0.1) is 23.4 Å². The first kappa shape index (κ1) is 21.4. The molecule has 2 N–H and O–H groups in total. The van der Waals surface area contributed by atoms with E-state index >= 15 is 0 Å². The number of sulfonamides is 1. The molecule has 156 valence electrons. The van der Waals surface area contributed by atoms with E-state index in [-0.39, 0.29) is 16.5 Å². The molecular weight excluding hydrogens is 400 g/mol. The predicted octanol–water partition coefficient (Wildman–Crippen LogP) is 4.67. The first-order chi connectivity index (χ1) is 14.2. The van der Waals surface area contributed by atoms with E-state index in [1.807, 2.05) is 51.1 Å². The molecule has 0 fully saturated rings. The lowest BCUT2D eigenvalue weighted by Gasteiger charge is -2.15. The summed E-state index contributed by atoms with van der Waals surface area (Å²) in [6.45, 7) is 5.61. The zero-order valence-electron chi connectivity index (χ0n) is 17.3. The van der Waals surface area contributed by atoms with Gasteiger partial charge in [-0.25, -0.2) is 8.42 Å². The Labute approximate surface area is 177 Å². The van der Waals surface area contributed by atoms with E-state index in [9.17, 15) is 13.2 Å². The molecule has 3 rings (SSSR count). The molecule has 3 aromatic rings. The van der Waals surface area contributed by atoms with Crippen LogP contribution in [0.15, 0.2) is 65.6 Å². The Hall–Kier alpha value is -3.32. The van der Waals surface area contributed by atoms with Gasteiger partial charge in [0.1, 0.15) is 5.75 Å². The Morgan fingerprint density at radius 3 is 2.13 bits per heavy atom. The lowest BCUT2D eigenvalue weighted by Crippen LogP contribution is -2.16. The number of amides is 1. The highest BCUT2D eigenvalue weighted by atomic mass is 32.2. The molecule has 3 aromatic carbocycles. The molecule has 0 radical (unpaired) electrons. The van der Waals surface area contributed by atoms with Gasteiger partial charge in [-0.1, -0.05) is 35.9 Å². The normalized spacial score (nSPS) is 11.1. The minimum Gasteiger partial charge on any atom is -0.495 e. The molecule has 0 aliphatic heterocycles. The minimum absolute atomic E-state index is 0.0187. The maximum Gasteiger partial charge on any atom is 0.261 e. The minimum atomic E-state index is -3.87. The van der Waals surface area contributed by atoms with Crippen molar-refractivity contribution in [1.29, 1.82) is 0 Å². The highest BCUT2D eigenvalue weighted by molar-refractivity contribution is 7.92. The van der Waals surface area contributed by atoms with Crippen LogP contribution in [0.5, 0.6) is 5.75 Å². The van der Waals surface area contributed by atoms with Crippen molar-refractivity contribution >= 4 is 27.3 Å². The van der Waals surface area contributed by atoms with Crippen molar-refractivity contribution in [2.24, 2.45) is 0 Å². The third-order valence-electron chi connectivity index (χ3n) is 4.76. The summed E-state index contributed by atoms with van der Waals surface area (Å²) >= 11 is 0. The zero-order chi connectivity index (χ0) is 21.9. The van der Waals surface area contributed by atoms with E-state index in [1.165, 1.54) is 25.3 Å². The molecule has 0 aliphatic rings. The quantitative estimate of drug-likeness (QED) is 0.602. The molecule has 0 bridgehead atoms. The van der Waals surface area contributed by atoms with Gasteiger partial charge in [-0.05, 0) is 62.2 Å². The molecule has 7 heteroatoms. The SMILES string of the molecule is COc1ccc(S(=O)(=O)Nc2c(C)cccc2C)cc1NC(=O)c1ccc(C)cc1. The molecule has 0 saturated heterocycles. The number of benzene rings is 3. The number of rotatable bonds is 6. The van der Waals surface area contributed by atoms with Crippen LogP contribution in [0.25, 0.3) is 0 Å². The number of anilines is 2. The largest absolute Gasteiger partial charge is 0.495 e. The standard InChI is InChI=1S/C23H24N2O4S/c1-15-8-10-18(11-9-15)23(26)24-20-14-19(12-13-21(20)29-4)30(27,28)25-22-16(2)6-5-7-17(22)3/h5-14,25H,1-4H3,(H,24,26). The summed E-state index contributed by atoms with van der Waals surface area (Å²) in [5.41, 5.74) is 3.95. The van der Waals surface area contributed by atoms with Crippen LogP contribution in [-0.4, -0.2) is 21.4 Å². The van der Waals surface area contributed by atoms with Crippen molar-refractivity contribution < 1.29 is 17.9 Å². The van der Waals surface area contributed by atoms with Gasteiger partial charge in [-0.2, -0.15) is 0 Å². The molecule has 0 unspecified atom stereocenters. The van der Waals surface area contributed by atoms with Crippen LogP contribution < -0.4 is 14.8 Å².